The third-order valence-corrected chi connectivity index (χ3v) is 7.52. The zero-order chi connectivity index (χ0) is 23.0. The maximum atomic E-state index is 12.7. The first kappa shape index (κ1) is 21.6. The lowest BCUT2D eigenvalue weighted by Gasteiger charge is -2.19. The molecule has 1 aliphatic heterocycles. The van der Waals surface area contributed by atoms with E-state index in [4.69, 9.17) is 4.98 Å². The second-order valence-electron chi connectivity index (χ2n) is 8.90. The Bertz CT molecular complexity index is 1230. The summed E-state index contributed by atoms with van der Waals surface area (Å²) in [4.78, 5) is 43.2. The van der Waals surface area contributed by atoms with Gasteiger partial charge in [-0.2, -0.15) is 0 Å². The maximum absolute atomic E-state index is 12.7. The first-order valence-electron chi connectivity index (χ1n) is 11.4. The third kappa shape index (κ3) is 4.23. The highest BCUT2D eigenvalue weighted by Crippen LogP contribution is 2.35. The minimum atomic E-state index is -0.691. The van der Waals surface area contributed by atoms with Gasteiger partial charge in [-0.05, 0) is 68.1 Å². The molecule has 2 N–H and O–H groups in total. The zero-order valence-corrected chi connectivity index (χ0v) is 19.3. The van der Waals surface area contributed by atoms with E-state index in [2.05, 4.69) is 29.7 Å². The number of carbonyl (C=O) groups is 3. The van der Waals surface area contributed by atoms with Crippen LogP contribution in [0.3, 0.4) is 0 Å². The smallest absolute Gasteiger partial charge is 0.325 e. The third-order valence-electron chi connectivity index (χ3n) is 6.45. The van der Waals surface area contributed by atoms with E-state index in [1.807, 2.05) is 30.3 Å². The number of thiazole rings is 1. The highest BCUT2D eigenvalue weighted by molar-refractivity contribution is 7.21. The average molecular weight is 463 g/mol. The van der Waals surface area contributed by atoms with Gasteiger partial charge in [0.15, 0.2) is 0 Å². The first-order valence-corrected chi connectivity index (χ1v) is 12.2. The van der Waals surface area contributed by atoms with Crippen molar-refractivity contribution < 1.29 is 14.4 Å². The van der Waals surface area contributed by atoms with Crippen LogP contribution in [0, 0.1) is 6.92 Å². The summed E-state index contributed by atoms with van der Waals surface area (Å²) in [5, 5.41) is 6.71. The van der Waals surface area contributed by atoms with Crippen LogP contribution in [0.2, 0.25) is 0 Å². The van der Waals surface area contributed by atoms with Crippen molar-refractivity contribution in [3.63, 3.8) is 0 Å². The monoisotopic (exact) mass is 462 g/mol. The fraction of sp³-hybridized carbons (Fsp3) is 0.360. The summed E-state index contributed by atoms with van der Waals surface area (Å²) in [6.45, 7) is 2.33. The van der Waals surface area contributed by atoms with E-state index in [1.54, 1.807) is 11.3 Å². The quantitative estimate of drug-likeness (QED) is 0.512. The molecule has 1 saturated heterocycles. The fourth-order valence-electron chi connectivity index (χ4n) is 4.67. The number of urea groups is 1. The van der Waals surface area contributed by atoms with E-state index in [-0.39, 0.29) is 30.8 Å². The molecule has 1 spiro atoms. The van der Waals surface area contributed by atoms with Crippen LogP contribution in [0.25, 0.3) is 20.8 Å². The van der Waals surface area contributed by atoms with Crippen molar-refractivity contribution in [1.29, 1.82) is 0 Å². The average Bonchev–Trinajstić information content (AvgIpc) is 3.49. The Kier molecular flexibility index (Phi) is 5.62. The van der Waals surface area contributed by atoms with Crippen LogP contribution in [0.1, 0.15) is 44.1 Å². The largest absolute Gasteiger partial charge is 0.326 e. The number of hydrogen-bond acceptors (Lipinski definition) is 5. The number of nitrogens with zero attached hydrogens (tertiary/aromatic N) is 2. The van der Waals surface area contributed by atoms with Gasteiger partial charge in [0.25, 0.3) is 5.91 Å². The maximum Gasteiger partial charge on any atom is 0.325 e. The number of carbonyl (C=O) groups excluding carboxylic acids is 3. The number of rotatable bonds is 6. The normalized spacial score (nSPS) is 17.2. The van der Waals surface area contributed by atoms with Crippen molar-refractivity contribution in [3.05, 3.63) is 48.0 Å². The molecule has 2 aromatic carbocycles. The van der Waals surface area contributed by atoms with Crippen LogP contribution >= 0.6 is 11.3 Å². The molecule has 0 radical (unpaired) electrons. The Morgan fingerprint density at radius 1 is 1.15 bits per heavy atom. The lowest BCUT2D eigenvalue weighted by Crippen LogP contribution is -2.44. The molecule has 33 heavy (non-hydrogen) atoms. The second kappa shape index (κ2) is 8.59. The number of aryl methyl sites for hydroxylation is 1. The summed E-state index contributed by atoms with van der Waals surface area (Å²) in [5.74, 6) is -0.271. The summed E-state index contributed by atoms with van der Waals surface area (Å²) in [6, 6.07) is 13.5. The van der Waals surface area contributed by atoms with E-state index in [0.717, 1.165) is 33.6 Å². The topological polar surface area (TPSA) is 91.4 Å². The number of hydrogen-bond donors (Lipinski definition) is 2. The molecule has 1 saturated carbocycles. The van der Waals surface area contributed by atoms with Crippen LogP contribution in [0.15, 0.2) is 42.5 Å². The molecule has 2 aliphatic rings. The molecule has 5 rings (SSSR count). The van der Waals surface area contributed by atoms with Gasteiger partial charge in [-0.1, -0.05) is 18.9 Å². The standard InChI is InChI=1S/C25H26N4O3S/c1-16-6-11-19-20(15-16)33-22(27-19)17-7-9-18(10-8-17)26-21(30)5-4-14-29-23(31)25(28-24(29)32)12-2-3-13-25/h6-11,15H,2-5,12-14H2,1H3,(H,26,30)(H,28,32). The van der Waals surface area contributed by atoms with Gasteiger partial charge in [0, 0.05) is 24.2 Å². The Balaban J connectivity index is 1.14. The van der Waals surface area contributed by atoms with Gasteiger partial charge in [0.1, 0.15) is 10.5 Å². The van der Waals surface area contributed by atoms with Crippen LogP contribution in [0.4, 0.5) is 10.5 Å². The van der Waals surface area contributed by atoms with Crippen LogP contribution < -0.4 is 10.6 Å². The number of nitrogens with one attached hydrogen (secondary N) is 2. The number of aromatic nitrogens is 1. The summed E-state index contributed by atoms with van der Waals surface area (Å²) < 4.78 is 1.16. The molecule has 7 nitrogen and oxygen atoms in total. The minimum Gasteiger partial charge on any atom is -0.326 e. The first-order chi connectivity index (χ1) is 15.9. The lowest BCUT2D eigenvalue weighted by molar-refractivity contribution is -0.131. The summed E-state index contributed by atoms with van der Waals surface area (Å²) in [5.41, 5.74) is 3.22. The van der Waals surface area contributed by atoms with E-state index < -0.39 is 5.54 Å². The zero-order valence-electron chi connectivity index (χ0n) is 18.5. The number of imide groups is 1. The Hall–Kier alpha value is -3.26. The molecule has 1 aliphatic carbocycles. The lowest BCUT2D eigenvalue weighted by atomic mass is 9.98. The molecule has 8 heteroatoms. The number of amides is 4. The van der Waals surface area contributed by atoms with Gasteiger partial charge in [-0.15, -0.1) is 11.3 Å². The van der Waals surface area contributed by atoms with Crippen molar-refractivity contribution in [2.45, 2.75) is 51.0 Å². The van der Waals surface area contributed by atoms with Gasteiger partial charge in [0.05, 0.1) is 10.2 Å². The van der Waals surface area contributed by atoms with Crippen molar-refractivity contribution in [2.24, 2.45) is 0 Å². The highest BCUT2D eigenvalue weighted by Gasteiger charge is 2.52. The predicted octanol–water partition coefficient (Wildman–Crippen LogP) is 4.86. The SMILES string of the molecule is Cc1ccc2nc(-c3ccc(NC(=O)CCCN4C(=O)NC5(CCCC5)C4=O)cc3)sc2c1. The summed E-state index contributed by atoms with van der Waals surface area (Å²) in [7, 11) is 0. The van der Waals surface area contributed by atoms with Crippen molar-refractivity contribution >= 4 is 45.1 Å². The Labute approximate surface area is 196 Å². The van der Waals surface area contributed by atoms with Gasteiger partial charge in [-0.25, -0.2) is 9.78 Å². The van der Waals surface area contributed by atoms with Crippen LogP contribution in [0.5, 0.6) is 0 Å². The highest BCUT2D eigenvalue weighted by atomic mass is 32.1. The number of benzene rings is 2. The van der Waals surface area contributed by atoms with Crippen molar-refractivity contribution in [3.8, 4) is 10.6 Å². The predicted molar refractivity (Wildman–Crippen MR) is 129 cm³/mol. The number of fused-ring (bicyclic) bond motifs is 1. The fourth-order valence-corrected chi connectivity index (χ4v) is 5.74. The molecule has 2 heterocycles. The van der Waals surface area contributed by atoms with Crippen molar-refractivity contribution in [2.75, 3.05) is 11.9 Å². The molecule has 1 aromatic heterocycles. The Morgan fingerprint density at radius 2 is 1.91 bits per heavy atom. The molecule has 0 atom stereocenters. The summed E-state index contributed by atoms with van der Waals surface area (Å²) in [6.07, 6.45) is 4.01. The minimum absolute atomic E-state index is 0.133. The van der Waals surface area contributed by atoms with E-state index >= 15 is 0 Å². The van der Waals surface area contributed by atoms with Crippen molar-refractivity contribution in [1.82, 2.24) is 15.2 Å². The van der Waals surface area contributed by atoms with E-state index in [9.17, 15) is 14.4 Å². The molecule has 0 bridgehead atoms. The van der Waals surface area contributed by atoms with Gasteiger partial charge < -0.3 is 10.6 Å². The molecular weight excluding hydrogens is 436 g/mol. The van der Waals surface area contributed by atoms with Crippen LogP contribution in [-0.2, 0) is 9.59 Å². The molecule has 170 valence electrons. The summed E-state index contributed by atoms with van der Waals surface area (Å²) >= 11 is 1.65. The van der Waals surface area contributed by atoms with Crippen LogP contribution in [-0.4, -0.2) is 39.8 Å². The van der Waals surface area contributed by atoms with Gasteiger partial charge in [0.2, 0.25) is 5.91 Å². The van der Waals surface area contributed by atoms with Gasteiger partial charge >= 0.3 is 6.03 Å². The molecule has 0 unspecified atom stereocenters. The Morgan fingerprint density at radius 3 is 2.67 bits per heavy atom. The van der Waals surface area contributed by atoms with E-state index in [0.29, 0.717) is 24.9 Å². The number of anilines is 1. The second-order valence-corrected chi connectivity index (χ2v) is 9.93. The van der Waals surface area contributed by atoms with E-state index in [1.165, 1.54) is 10.5 Å². The van der Waals surface area contributed by atoms with Gasteiger partial charge in [-0.3, -0.25) is 14.5 Å². The molecule has 2 fully saturated rings. The molecule has 4 amide bonds. The molecule has 3 aromatic rings. The molecular formula is C25H26N4O3S.